The zero-order valence-corrected chi connectivity index (χ0v) is 14.6. The van der Waals surface area contributed by atoms with Crippen molar-refractivity contribution in [2.24, 2.45) is 0 Å². The summed E-state index contributed by atoms with van der Waals surface area (Å²) in [5.41, 5.74) is 2.39. The maximum absolute atomic E-state index is 5.96. The molecule has 3 nitrogen and oxygen atoms in total. The molecule has 0 unspecified atom stereocenters. The second-order valence-corrected chi connectivity index (χ2v) is 6.48. The number of anilines is 1. The summed E-state index contributed by atoms with van der Waals surface area (Å²) >= 11 is 0. The van der Waals surface area contributed by atoms with E-state index in [-0.39, 0.29) is 5.41 Å². The molecule has 0 spiro atoms. The van der Waals surface area contributed by atoms with Crippen LogP contribution in [0.15, 0.2) is 48.5 Å². The summed E-state index contributed by atoms with van der Waals surface area (Å²) in [6.07, 6.45) is 0. The highest BCUT2D eigenvalue weighted by Crippen LogP contribution is 2.30. The highest BCUT2D eigenvalue weighted by Gasteiger charge is 2.18. The van der Waals surface area contributed by atoms with E-state index in [9.17, 15) is 0 Å². The van der Waals surface area contributed by atoms with Crippen LogP contribution in [0.4, 0.5) is 5.69 Å². The van der Waals surface area contributed by atoms with Gasteiger partial charge in [0.2, 0.25) is 0 Å². The predicted octanol–water partition coefficient (Wildman–Crippen LogP) is 4.87. The highest BCUT2D eigenvalue weighted by atomic mass is 16.5. The van der Waals surface area contributed by atoms with Gasteiger partial charge in [-0.1, -0.05) is 39.0 Å². The fourth-order valence-electron chi connectivity index (χ4n) is 2.40. The molecule has 0 radical (unpaired) electrons. The van der Waals surface area contributed by atoms with Crippen LogP contribution in [0.3, 0.4) is 0 Å². The largest absolute Gasteiger partial charge is 0.494 e. The normalized spacial score (nSPS) is 11.1. The average Bonchev–Trinajstić information content (AvgIpc) is 2.53. The number of rotatable bonds is 7. The predicted molar refractivity (Wildman–Crippen MR) is 96.7 cm³/mol. The molecule has 0 aliphatic carbocycles. The van der Waals surface area contributed by atoms with Crippen LogP contribution in [0.1, 0.15) is 33.3 Å². The molecule has 0 fully saturated rings. The van der Waals surface area contributed by atoms with E-state index in [1.807, 2.05) is 43.3 Å². The molecular weight excluding hydrogens is 286 g/mol. The van der Waals surface area contributed by atoms with E-state index in [4.69, 9.17) is 9.47 Å². The molecule has 0 aliphatic heterocycles. The third kappa shape index (κ3) is 5.20. The first-order valence-electron chi connectivity index (χ1n) is 8.19. The van der Waals surface area contributed by atoms with Crippen molar-refractivity contribution in [3.05, 3.63) is 54.1 Å². The fourth-order valence-corrected chi connectivity index (χ4v) is 2.40. The third-order valence-electron chi connectivity index (χ3n) is 3.55. The number of ether oxygens (including phenoxy) is 2. The average molecular weight is 313 g/mol. The second kappa shape index (κ2) is 7.91. The summed E-state index contributed by atoms with van der Waals surface area (Å²) in [4.78, 5) is 0. The first-order valence-corrected chi connectivity index (χ1v) is 8.19. The number of hydrogen-bond acceptors (Lipinski definition) is 3. The van der Waals surface area contributed by atoms with Gasteiger partial charge in [-0.15, -0.1) is 0 Å². The summed E-state index contributed by atoms with van der Waals surface area (Å²) in [5, 5.41) is 3.36. The van der Waals surface area contributed by atoms with Crippen LogP contribution in [-0.4, -0.2) is 19.8 Å². The van der Waals surface area contributed by atoms with Crippen LogP contribution in [0, 0.1) is 0 Å². The Kier molecular flexibility index (Phi) is 5.91. The lowest BCUT2D eigenvalue weighted by molar-refractivity contribution is 0.323. The van der Waals surface area contributed by atoms with E-state index < -0.39 is 0 Å². The van der Waals surface area contributed by atoms with Gasteiger partial charge in [0, 0.05) is 12.2 Å². The Bertz CT molecular complexity index is 600. The van der Waals surface area contributed by atoms with Gasteiger partial charge < -0.3 is 14.8 Å². The van der Waals surface area contributed by atoms with Crippen LogP contribution in [0.5, 0.6) is 11.5 Å². The van der Waals surface area contributed by atoms with Crippen molar-refractivity contribution in [1.29, 1.82) is 0 Å². The van der Waals surface area contributed by atoms with E-state index in [1.54, 1.807) is 0 Å². The Morgan fingerprint density at radius 2 is 1.61 bits per heavy atom. The lowest BCUT2D eigenvalue weighted by Crippen LogP contribution is -2.16. The number of para-hydroxylation sites is 1. The Morgan fingerprint density at radius 3 is 2.26 bits per heavy atom. The molecular formula is C20H27NO2. The van der Waals surface area contributed by atoms with E-state index in [1.165, 1.54) is 5.56 Å². The van der Waals surface area contributed by atoms with Gasteiger partial charge in [-0.05, 0) is 48.2 Å². The molecule has 0 bridgehead atoms. The summed E-state index contributed by atoms with van der Waals surface area (Å²) < 4.78 is 11.4. The van der Waals surface area contributed by atoms with Crippen LogP contribution >= 0.6 is 0 Å². The van der Waals surface area contributed by atoms with Gasteiger partial charge in [-0.3, -0.25) is 0 Å². The van der Waals surface area contributed by atoms with Crippen molar-refractivity contribution in [2.45, 2.75) is 33.1 Å². The van der Waals surface area contributed by atoms with Gasteiger partial charge in [0.05, 0.1) is 6.61 Å². The minimum absolute atomic E-state index is 0.0825. The van der Waals surface area contributed by atoms with Crippen LogP contribution in [-0.2, 0) is 5.41 Å². The molecule has 0 atom stereocenters. The van der Waals surface area contributed by atoms with Gasteiger partial charge >= 0.3 is 0 Å². The summed E-state index contributed by atoms with van der Waals surface area (Å²) in [7, 11) is 0. The number of hydrogen-bond donors (Lipinski definition) is 1. The van der Waals surface area contributed by atoms with Crippen molar-refractivity contribution < 1.29 is 9.47 Å². The molecule has 0 amide bonds. The van der Waals surface area contributed by atoms with Crippen LogP contribution in [0.25, 0.3) is 0 Å². The first kappa shape index (κ1) is 17.2. The van der Waals surface area contributed by atoms with E-state index in [0.29, 0.717) is 13.2 Å². The molecule has 2 rings (SSSR count). The summed E-state index contributed by atoms with van der Waals surface area (Å²) in [6, 6.07) is 16.2. The maximum atomic E-state index is 5.96. The molecule has 23 heavy (non-hydrogen) atoms. The lowest BCUT2D eigenvalue weighted by Gasteiger charge is -2.22. The van der Waals surface area contributed by atoms with Gasteiger partial charge in [-0.25, -0.2) is 0 Å². The zero-order chi connectivity index (χ0) is 16.7. The Morgan fingerprint density at radius 1 is 0.913 bits per heavy atom. The minimum Gasteiger partial charge on any atom is -0.494 e. The molecule has 1 N–H and O–H groups in total. The van der Waals surface area contributed by atoms with E-state index in [0.717, 1.165) is 23.7 Å². The first-order chi connectivity index (χ1) is 11.0. The van der Waals surface area contributed by atoms with Crippen LogP contribution < -0.4 is 14.8 Å². The Balaban J connectivity index is 1.84. The topological polar surface area (TPSA) is 30.5 Å². The zero-order valence-electron chi connectivity index (χ0n) is 14.6. The third-order valence-corrected chi connectivity index (χ3v) is 3.55. The quantitative estimate of drug-likeness (QED) is 0.739. The van der Waals surface area contributed by atoms with Gasteiger partial charge in [0.15, 0.2) is 0 Å². The highest BCUT2D eigenvalue weighted by molar-refractivity contribution is 5.46. The van der Waals surface area contributed by atoms with Crippen molar-refractivity contribution in [3.8, 4) is 11.5 Å². The van der Waals surface area contributed by atoms with Crippen molar-refractivity contribution in [1.82, 2.24) is 0 Å². The molecule has 3 heteroatoms. The standard InChI is InChI=1S/C20H27NO2/c1-5-22-17-12-10-16(11-13-17)21-14-15-23-19-9-7-6-8-18(19)20(2,3)4/h6-13,21H,5,14-15H2,1-4H3. The summed E-state index contributed by atoms with van der Waals surface area (Å²) in [6.45, 7) is 10.7. The molecule has 0 saturated carbocycles. The van der Waals surface area contributed by atoms with Crippen molar-refractivity contribution >= 4 is 5.69 Å². The number of nitrogens with one attached hydrogen (secondary N) is 1. The molecule has 2 aromatic carbocycles. The SMILES string of the molecule is CCOc1ccc(NCCOc2ccccc2C(C)(C)C)cc1. The summed E-state index contributed by atoms with van der Waals surface area (Å²) in [5.74, 6) is 1.86. The van der Waals surface area contributed by atoms with Gasteiger partial charge in [0.1, 0.15) is 18.1 Å². The lowest BCUT2D eigenvalue weighted by atomic mass is 9.86. The van der Waals surface area contributed by atoms with Crippen LogP contribution in [0.2, 0.25) is 0 Å². The Hall–Kier alpha value is -2.16. The fraction of sp³-hybridized carbons (Fsp3) is 0.400. The minimum atomic E-state index is 0.0825. The van der Waals surface area contributed by atoms with E-state index in [2.05, 4.69) is 38.2 Å². The molecule has 0 heterocycles. The molecule has 0 aliphatic rings. The van der Waals surface area contributed by atoms with Crippen molar-refractivity contribution in [3.63, 3.8) is 0 Å². The smallest absolute Gasteiger partial charge is 0.123 e. The van der Waals surface area contributed by atoms with Gasteiger partial charge in [-0.2, -0.15) is 0 Å². The van der Waals surface area contributed by atoms with Gasteiger partial charge in [0.25, 0.3) is 0 Å². The molecule has 0 saturated heterocycles. The number of benzene rings is 2. The Labute approximate surface area is 139 Å². The molecule has 0 aromatic heterocycles. The maximum Gasteiger partial charge on any atom is 0.123 e. The monoisotopic (exact) mass is 313 g/mol. The molecule has 2 aromatic rings. The van der Waals surface area contributed by atoms with Crippen molar-refractivity contribution in [2.75, 3.05) is 25.1 Å². The van der Waals surface area contributed by atoms with E-state index >= 15 is 0 Å². The molecule has 124 valence electrons. The second-order valence-electron chi connectivity index (χ2n) is 6.48.